The van der Waals surface area contributed by atoms with Crippen molar-refractivity contribution in [3.63, 3.8) is 0 Å². The van der Waals surface area contributed by atoms with Crippen LogP contribution in [0.3, 0.4) is 0 Å². The SMILES string of the molecule is CC(Cc1cccc(F)c1)Nc1cccnc1. The molecule has 0 amide bonds. The number of halogens is 1. The van der Waals surface area contributed by atoms with Gasteiger partial charge in [0.1, 0.15) is 5.82 Å². The fourth-order valence-corrected chi connectivity index (χ4v) is 1.80. The number of nitrogens with zero attached hydrogens (tertiary/aromatic N) is 1. The summed E-state index contributed by atoms with van der Waals surface area (Å²) in [5.41, 5.74) is 1.98. The fourth-order valence-electron chi connectivity index (χ4n) is 1.80. The molecule has 1 aromatic heterocycles. The molecule has 0 aliphatic carbocycles. The highest BCUT2D eigenvalue weighted by Gasteiger charge is 2.04. The fraction of sp³-hybridized carbons (Fsp3) is 0.214. The Morgan fingerprint density at radius 3 is 2.88 bits per heavy atom. The smallest absolute Gasteiger partial charge is 0.123 e. The molecular weight excluding hydrogens is 215 g/mol. The second-order valence-corrected chi connectivity index (χ2v) is 4.12. The summed E-state index contributed by atoms with van der Waals surface area (Å²) in [5.74, 6) is -0.184. The summed E-state index contributed by atoms with van der Waals surface area (Å²) in [7, 11) is 0. The third-order valence-corrected chi connectivity index (χ3v) is 2.51. The lowest BCUT2D eigenvalue weighted by Gasteiger charge is -2.14. The van der Waals surface area contributed by atoms with Crippen molar-refractivity contribution >= 4 is 5.69 Å². The largest absolute Gasteiger partial charge is 0.381 e. The maximum atomic E-state index is 13.0. The molecule has 1 unspecified atom stereocenters. The van der Waals surface area contributed by atoms with Crippen LogP contribution in [0.25, 0.3) is 0 Å². The molecule has 17 heavy (non-hydrogen) atoms. The summed E-state index contributed by atoms with van der Waals surface area (Å²) in [4.78, 5) is 4.04. The van der Waals surface area contributed by atoms with E-state index in [4.69, 9.17) is 0 Å². The van der Waals surface area contributed by atoms with Gasteiger partial charge < -0.3 is 5.32 Å². The first-order valence-electron chi connectivity index (χ1n) is 5.65. The number of nitrogens with one attached hydrogen (secondary N) is 1. The Hall–Kier alpha value is -1.90. The highest BCUT2D eigenvalue weighted by molar-refractivity contribution is 5.41. The number of hydrogen-bond acceptors (Lipinski definition) is 2. The zero-order valence-electron chi connectivity index (χ0n) is 9.73. The third kappa shape index (κ3) is 3.55. The van der Waals surface area contributed by atoms with Crippen LogP contribution in [0.15, 0.2) is 48.8 Å². The predicted octanol–water partition coefficient (Wildman–Crippen LogP) is 3.26. The molecule has 3 heteroatoms. The van der Waals surface area contributed by atoms with Crippen molar-refractivity contribution in [2.24, 2.45) is 0 Å². The minimum absolute atomic E-state index is 0.184. The van der Waals surface area contributed by atoms with Gasteiger partial charge in [-0.15, -0.1) is 0 Å². The number of benzene rings is 1. The molecule has 0 saturated heterocycles. The first kappa shape index (κ1) is 11.6. The van der Waals surface area contributed by atoms with Gasteiger partial charge in [-0.1, -0.05) is 12.1 Å². The molecule has 2 aromatic rings. The van der Waals surface area contributed by atoms with Gasteiger partial charge in [-0.05, 0) is 43.2 Å². The Bertz CT molecular complexity index is 471. The van der Waals surface area contributed by atoms with Crippen molar-refractivity contribution in [2.75, 3.05) is 5.32 Å². The van der Waals surface area contributed by atoms with E-state index in [0.29, 0.717) is 0 Å². The lowest BCUT2D eigenvalue weighted by Crippen LogP contribution is -2.18. The van der Waals surface area contributed by atoms with E-state index in [9.17, 15) is 4.39 Å². The number of pyridine rings is 1. The number of anilines is 1. The third-order valence-electron chi connectivity index (χ3n) is 2.51. The normalized spacial score (nSPS) is 12.1. The highest BCUT2D eigenvalue weighted by atomic mass is 19.1. The molecule has 1 atom stereocenters. The first-order valence-corrected chi connectivity index (χ1v) is 5.65. The van der Waals surface area contributed by atoms with Gasteiger partial charge in [0, 0.05) is 18.4 Å². The van der Waals surface area contributed by atoms with Gasteiger partial charge in [-0.2, -0.15) is 0 Å². The van der Waals surface area contributed by atoms with Crippen LogP contribution in [0.5, 0.6) is 0 Å². The summed E-state index contributed by atoms with van der Waals surface area (Å²) >= 11 is 0. The van der Waals surface area contributed by atoms with Crippen LogP contribution in [-0.2, 0) is 6.42 Å². The summed E-state index contributed by atoms with van der Waals surface area (Å²) in [6.07, 6.45) is 4.30. The van der Waals surface area contributed by atoms with Crippen molar-refractivity contribution in [2.45, 2.75) is 19.4 Å². The van der Waals surface area contributed by atoms with Gasteiger partial charge in [0.05, 0.1) is 5.69 Å². The van der Waals surface area contributed by atoms with Gasteiger partial charge in [-0.3, -0.25) is 4.98 Å². The molecule has 1 aromatic carbocycles. The molecule has 1 N–H and O–H groups in total. The van der Waals surface area contributed by atoms with E-state index in [1.54, 1.807) is 24.5 Å². The molecule has 0 bridgehead atoms. The molecule has 0 aliphatic heterocycles. The van der Waals surface area contributed by atoms with Gasteiger partial charge in [-0.25, -0.2) is 4.39 Å². The molecule has 0 radical (unpaired) electrons. The molecule has 88 valence electrons. The highest BCUT2D eigenvalue weighted by Crippen LogP contribution is 2.10. The van der Waals surface area contributed by atoms with Gasteiger partial charge in [0.15, 0.2) is 0 Å². The zero-order chi connectivity index (χ0) is 12.1. The molecule has 1 heterocycles. The minimum Gasteiger partial charge on any atom is -0.381 e. The summed E-state index contributed by atoms with van der Waals surface area (Å²) in [6, 6.07) is 10.8. The Morgan fingerprint density at radius 2 is 2.18 bits per heavy atom. The van der Waals surface area contributed by atoms with Gasteiger partial charge >= 0.3 is 0 Å². The van der Waals surface area contributed by atoms with Crippen LogP contribution in [0.2, 0.25) is 0 Å². The average molecular weight is 230 g/mol. The maximum absolute atomic E-state index is 13.0. The van der Waals surface area contributed by atoms with Crippen LogP contribution in [0, 0.1) is 5.82 Å². The average Bonchev–Trinajstić information content (AvgIpc) is 2.30. The summed E-state index contributed by atoms with van der Waals surface area (Å²) in [5, 5.41) is 3.32. The second kappa shape index (κ2) is 5.43. The van der Waals surface area contributed by atoms with E-state index in [1.807, 2.05) is 18.2 Å². The summed E-state index contributed by atoms with van der Waals surface area (Å²) in [6.45, 7) is 2.07. The van der Waals surface area contributed by atoms with Crippen molar-refractivity contribution in [3.8, 4) is 0 Å². The second-order valence-electron chi connectivity index (χ2n) is 4.12. The van der Waals surface area contributed by atoms with E-state index >= 15 is 0 Å². The van der Waals surface area contributed by atoms with E-state index < -0.39 is 0 Å². The van der Waals surface area contributed by atoms with Gasteiger partial charge in [0.25, 0.3) is 0 Å². The molecule has 0 spiro atoms. The number of aromatic nitrogens is 1. The monoisotopic (exact) mass is 230 g/mol. The topological polar surface area (TPSA) is 24.9 Å². The molecule has 0 fully saturated rings. The van der Waals surface area contributed by atoms with Crippen molar-refractivity contribution < 1.29 is 4.39 Å². The number of hydrogen-bond donors (Lipinski definition) is 1. The standard InChI is InChI=1S/C14H15FN2/c1-11(17-14-6-3-7-16-10-14)8-12-4-2-5-13(15)9-12/h2-7,9-11,17H,8H2,1H3. The van der Waals surface area contributed by atoms with Crippen molar-refractivity contribution in [1.82, 2.24) is 4.98 Å². The Kier molecular flexibility index (Phi) is 3.70. The van der Waals surface area contributed by atoms with E-state index in [0.717, 1.165) is 17.7 Å². The van der Waals surface area contributed by atoms with Crippen molar-refractivity contribution in [3.05, 3.63) is 60.2 Å². The zero-order valence-corrected chi connectivity index (χ0v) is 9.73. The van der Waals surface area contributed by atoms with E-state index in [1.165, 1.54) is 6.07 Å². The van der Waals surface area contributed by atoms with Crippen LogP contribution in [-0.4, -0.2) is 11.0 Å². The van der Waals surface area contributed by atoms with Crippen LogP contribution in [0.4, 0.5) is 10.1 Å². The molecule has 0 saturated carbocycles. The van der Waals surface area contributed by atoms with Crippen LogP contribution in [0.1, 0.15) is 12.5 Å². The first-order chi connectivity index (χ1) is 8.24. The molecule has 2 nitrogen and oxygen atoms in total. The predicted molar refractivity (Wildman–Crippen MR) is 67.4 cm³/mol. The lowest BCUT2D eigenvalue weighted by atomic mass is 10.1. The van der Waals surface area contributed by atoms with Crippen LogP contribution < -0.4 is 5.32 Å². The summed E-state index contributed by atoms with van der Waals surface area (Å²) < 4.78 is 13.0. The van der Waals surface area contributed by atoms with Crippen molar-refractivity contribution in [1.29, 1.82) is 0 Å². The number of rotatable bonds is 4. The quantitative estimate of drug-likeness (QED) is 0.872. The Balaban J connectivity index is 1.96. The van der Waals surface area contributed by atoms with Crippen LogP contribution >= 0.6 is 0 Å². The minimum atomic E-state index is -0.184. The Morgan fingerprint density at radius 1 is 1.29 bits per heavy atom. The van der Waals surface area contributed by atoms with E-state index in [-0.39, 0.29) is 11.9 Å². The Labute approximate surface area is 101 Å². The lowest BCUT2D eigenvalue weighted by molar-refractivity contribution is 0.624. The molecular formula is C14H15FN2. The van der Waals surface area contributed by atoms with E-state index in [2.05, 4.69) is 17.2 Å². The molecule has 0 aliphatic rings. The van der Waals surface area contributed by atoms with Gasteiger partial charge in [0.2, 0.25) is 0 Å². The maximum Gasteiger partial charge on any atom is 0.123 e. The molecule has 2 rings (SSSR count).